The molecule has 1 aromatic carbocycles. The van der Waals surface area contributed by atoms with Crippen LogP contribution < -0.4 is 0 Å². The summed E-state index contributed by atoms with van der Waals surface area (Å²) in [6.07, 6.45) is 0.523. The lowest BCUT2D eigenvalue weighted by molar-refractivity contribution is -0.145. The van der Waals surface area contributed by atoms with Crippen molar-refractivity contribution in [2.45, 2.75) is 31.8 Å². The van der Waals surface area contributed by atoms with Gasteiger partial charge >= 0.3 is 11.9 Å². The van der Waals surface area contributed by atoms with Gasteiger partial charge in [-0.05, 0) is 31.4 Å². The zero-order valence-electron chi connectivity index (χ0n) is 11.4. The monoisotopic (exact) mass is 277 g/mol. The van der Waals surface area contributed by atoms with E-state index in [-0.39, 0.29) is 18.4 Å². The van der Waals surface area contributed by atoms with Crippen molar-refractivity contribution < 1.29 is 19.8 Å². The quantitative estimate of drug-likeness (QED) is 0.860. The summed E-state index contributed by atoms with van der Waals surface area (Å²) in [6, 6.07) is 8.95. The van der Waals surface area contributed by atoms with Crippen molar-refractivity contribution >= 4 is 11.9 Å². The third-order valence-corrected chi connectivity index (χ3v) is 4.03. The van der Waals surface area contributed by atoms with Gasteiger partial charge in [0, 0.05) is 6.04 Å². The van der Waals surface area contributed by atoms with Gasteiger partial charge in [0.15, 0.2) is 0 Å². The highest BCUT2D eigenvalue weighted by Crippen LogP contribution is 2.34. The maximum absolute atomic E-state index is 11.5. The van der Waals surface area contributed by atoms with E-state index in [1.54, 1.807) is 0 Å². The van der Waals surface area contributed by atoms with Crippen molar-refractivity contribution in [2.75, 3.05) is 6.54 Å². The highest BCUT2D eigenvalue weighted by Gasteiger charge is 2.42. The van der Waals surface area contributed by atoms with E-state index in [4.69, 9.17) is 5.11 Å². The van der Waals surface area contributed by atoms with Crippen molar-refractivity contribution in [3.63, 3.8) is 0 Å². The Labute approximate surface area is 117 Å². The van der Waals surface area contributed by atoms with Gasteiger partial charge in [-0.1, -0.05) is 30.3 Å². The topological polar surface area (TPSA) is 77.8 Å². The molecule has 0 unspecified atom stereocenters. The molecule has 0 spiro atoms. The average Bonchev–Trinajstić information content (AvgIpc) is 2.81. The Morgan fingerprint density at radius 1 is 1.30 bits per heavy atom. The molecule has 0 aliphatic carbocycles. The number of nitrogens with zero attached hydrogens (tertiary/aromatic N) is 1. The summed E-state index contributed by atoms with van der Waals surface area (Å²) in [7, 11) is 0. The summed E-state index contributed by atoms with van der Waals surface area (Å²) in [5.74, 6) is -2.19. The number of likely N-dealkylation sites (tertiary alicyclic amines) is 1. The first-order chi connectivity index (χ1) is 9.50. The second-order valence-corrected chi connectivity index (χ2v) is 5.25. The molecule has 5 nitrogen and oxygen atoms in total. The second-order valence-electron chi connectivity index (χ2n) is 5.25. The molecular formula is C15H19NO4. The molecule has 2 rings (SSSR count). The van der Waals surface area contributed by atoms with Crippen LogP contribution in [0.25, 0.3) is 0 Å². The van der Waals surface area contributed by atoms with Crippen LogP contribution in [0.3, 0.4) is 0 Å². The molecule has 108 valence electrons. The lowest BCUT2D eigenvalue weighted by Crippen LogP contribution is -2.41. The number of hydrogen-bond donors (Lipinski definition) is 2. The Bertz CT molecular complexity index is 488. The van der Waals surface area contributed by atoms with E-state index in [9.17, 15) is 14.7 Å². The lowest BCUT2D eigenvalue weighted by Gasteiger charge is -2.30. The van der Waals surface area contributed by atoms with E-state index in [0.717, 1.165) is 5.56 Å². The van der Waals surface area contributed by atoms with Gasteiger partial charge in [-0.15, -0.1) is 0 Å². The molecular weight excluding hydrogens is 258 g/mol. The lowest BCUT2D eigenvalue weighted by atomic mass is 9.96. The molecule has 1 aliphatic heterocycles. The van der Waals surface area contributed by atoms with E-state index in [1.807, 2.05) is 42.2 Å². The molecule has 3 atom stereocenters. The fraction of sp³-hybridized carbons (Fsp3) is 0.467. The SMILES string of the molecule is C[C@@H](c1ccccc1)N1CC[C@@H](CC(=O)O)[C@H]1C(=O)O. The van der Waals surface area contributed by atoms with E-state index in [0.29, 0.717) is 13.0 Å². The maximum atomic E-state index is 11.5. The molecule has 0 saturated carbocycles. The van der Waals surface area contributed by atoms with E-state index in [1.165, 1.54) is 0 Å². The average molecular weight is 277 g/mol. The smallest absolute Gasteiger partial charge is 0.321 e. The first kappa shape index (κ1) is 14.5. The zero-order chi connectivity index (χ0) is 14.7. The van der Waals surface area contributed by atoms with Crippen molar-refractivity contribution in [1.29, 1.82) is 0 Å². The standard InChI is InChI=1S/C15H19NO4/c1-10(11-5-3-2-4-6-11)16-8-7-12(9-13(17)18)14(16)15(19)20/h2-6,10,12,14H,7-9H2,1H3,(H,17,18)(H,19,20)/t10-,12-,14-/m0/s1. The minimum absolute atomic E-state index is 0.0314. The number of hydrogen-bond acceptors (Lipinski definition) is 3. The van der Waals surface area contributed by atoms with Crippen LogP contribution in [0.5, 0.6) is 0 Å². The van der Waals surface area contributed by atoms with Gasteiger partial charge in [-0.2, -0.15) is 0 Å². The van der Waals surface area contributed by atoms with Gasteiger partial charge in [0.1, 0.15) is 6.04 Å². The predicted molar refractivity (Wildman–Crippen MR) is 73.3 cm³/mol. The normalized spacial score (nSPS) is 24.4. The van der Waals surface area contributed by atoms with Crippen LogP contribution in [0.15, 0.2) is 30.3 Å². The molecule has 0 radical (unpaired) electrons. The predicted octanol–water partition coefficient (Wildman–Crippen LogP) is 2.00. The van der Waals surface area contributed by atoms with Crippen LogP contribution in [-0.4, -0.2) is 39.6 Å². The highest BCUT2D eigenvalue weighted by molar-refractivity contribution is 5.76. The number of carbonyl (C=O) groups is 2. The molecule has 1 aromatic rings. The molecule has 0 amide bonds. The van der Waals surface area contributed by atoms with Gasteiger partial charge in [0.25, 0.3) is 0 Å². The van der Waals surface area contributed by atoms with E-state index >= 15 is 0 Å². The summed E-state index contributed by atoms with van der Waals surface area (Å²) in [6.45, 7) is 2.58. The zero-order valence-corrected chi connectivity index (χ0v) is 11.4. The summed E-state index contributed by atoms with van der Waals surface area (Å²) in [5.41, 5.74) is 1.05. The third kappa shape index (κ3) is 2.99. The number of carboxylic acids is 2. The molecule has 20 heavy (non-hydrogen) atoms. The van der Waals surface area contributed by atoms with E-state index < -0.39 is 18.0 Å². The maximum Gasteiger partial charge on any atom is 0.321 e. The third-order valence-electron chi connectivity index (χ3n) is 4.03. The second kappa shape index (κ2) is 6.05. The van der Waals surface area contributed by atoms with Crippen LogP contribution in [-0.2, 0) is 9.59 Å². The minimum Gasteiger partial charge on any atom is -0.481 e. The first-order valence-corrected chi connectivity index (χ1v) is 6.76. The Morgan fingerprint density at radius 2 is 1.95 bits per heavy atom. The fourth-order valence-corrected chi connectivity index (χ4v) is 3.02. The number of benzene rings is 1. The molecule has 1 saturated heterocycles. The van der Waals surface area contributed by atoms with Crippen LogP contribution >= 0.6 is 0 Å². The molecule has 1 fully saturated rings. The van der Waals surface area contributed by atoms with Crippen LogP contribution in [0.1, 0.15) is 31.4 Å². The van der Waals surface area contributed by atoms with Gasteiger partial charge in [0.05, 0.1) is 6.42 Å². The highest BCUT2D eigenvalue weighted by atomic mass is 16.4. The summed E-state index contributed by atoms with van der Waals surface area (Å²) in [5, 5.41) is 18.3. The van der Waals surface area contributed by atoms with Crippen LogP contribution in [0.4, 0.5) is 0 Å². The van der Waals surface area contributed by atoms with Crippen molar-refractivity contribution in [2.24, 2.45) is 5.92 Å². The van der Waals surface area contributed by atoms with Crippen LogP contribution in [0, 0.1) is 5.92 Å². The van der Waals surface area contributed by atoms with Crippen molar-refractivity contribution in [1.82, 2.24) is 4.90 Å². The largest absolute Gasteiger partial charge is 0.481 e. The number of carboxylic acid groups (broad SMARTS) is 2. The summed E-state index contributed by atoms with van der Waals surface area (Å²) >= 11 is 0. The van der Waals surface area contributed by atoms with Gasteiger partial charge < -0.3 is 10.2 Å². The van der Waals surface area contributed by atoms with Gasteiger partial charge in [-0.3, -0.25) is 14.5 Å². The Morgan fingerprint density at radius 3 is 2.50 bits per heavy atom. The molecule has 0 aromatic heterocycles. The Balaban J connectivity index is 2.19. The van der Waals surface area contributed by atoms with E-state index in [2.05, 4.69) is 0 Å². The minimum atomic E-state index is -0.935. The first-order valence-electron chi connectivity index (χ1n) is 6.76. The van der Waals surface area contributed by atoms with Crippen LogP contribution in [0.2, 0.25) is 0 Å². The van der Waals surface area contributed by atoms with Crippen molar-refractivity contribution in [3.8, 4) is 0 Å². The molecule has 1 aliphatic rings. The van der Waals surface area contributed by atoms with Gasteiger partial charge in [-0.25, -0.2) is 0 Å². The molecule has 2 N–H and O–H groups in total. The van der Waals surface area contributed by atoms with Gasteiger partial charge in [0.2, 0.25) is 0 Å². The molecule has 5 heteroatoms. The molecule has 1 heterocycles. The number of aliphatic carboxylic acids is 2. The van der Waals surface area contributed by atoms with Crippen molar-refractivity contribution in [3.05, 3.63) is 35.9 Å². The summed E-state index contributed by atoms with van der Waals surface area (Å²) in [4.78, 5) is 24.3. The molecule has 0 bridgehead atoms. The summed E-state index contributed by atoms with van der Waals surface area (Å²) < 4.78 is 0. The number of rotatable bonds is 5. The Kier molecular flexibility index (Phi) is 4.39. The Hall–Kier alpha value is -1.88. The fourth-order valence-electron chi connectivity index (χ4n) is 3.02.